The van der Waals surface area contributed by atoms with Gasteiger partial charge in [0.2, 0.25) is 0 Å². The van der Waals surface area contributed by atoms with Gasteiger partial charge in [-0.15, -0.1) is 0 Å². The molecular formula is C21H23N5O2. The molecule has 4 fully saturated rings. The summed E-state index contributed by atoms with van der Waals surface area (Å²) >= 11 is 0. The number of piperidine rings is 1. The number of ether oxygens (including phenoxy) is 1. The van der Waals surface area contributed by atoms with E-state index in [-0.39, 0.29) is 0 Å². The van der Waals surface area contributed by atoms with E-state index in [1.54, 1.807) is 6.20 Å². The van der Waals surface area contributed by atoms with Crippen molar-refractivity contribution in [3.63, 3.8) is 0 Å². The highest BCUT2D eigenvalue weighted by atomic mass is 16.5. The van der Waals surface area contributed by atoms with Gasteiger partial charge in [0.1, 0.15) is 18.2 Å². The molecule has 28 heavy (non-hydrogen) atoms. The van der Waals surface area contributed by atoms with Crippen LogP contribution in [0, 0.1) is 0 Å². The predicted molar refractivity (Wildman–Crippen MR) is 106 cm³/mol. The molecule has 7 heteroatoms. The van der Waals surface area contributed by atoms with Gasteiger partial charge in [-0.3, -0.25) is 0 Å². The second-order valence-electron chi connectivity index (χ2n) is 8.37. The zero-order chi connectivity index (χ0) is 18.7. The van der Waals surface area contributed by atoms with Gasteiger partial charge in [-0.25, -0.2) is 9.50 Å². The summed E-state index contributed by atoms with van der Waals surface area (Å²) in [5, 5.41) is 18.0. The Kier molecular flexibility index (Phi) is 3.46. The molecule has 144 valence electrons. The number of anilines is 1. The molecule has 1 saturated carbocycles. The highest BCUT2D eigenvalue weighted by molar-refractivity contribution is 5.81. The van der Waals surface area contributed by atoms with Crippen LogP contribution in [0.4, 0.5) is 5.82 Å². The molecule has 1 aliphatic carbocycles. The smallest absolute Gasteiger partial charge is 0.138 e. The van der Waals surface area contributed by atoms with E-state index in [1.165, 1.54) is 6.42 Å². The minimum Gasteiger partial charge on any atom is -0.489 e. The third-order valence-corrected chi connectivity index (χ3v) is 6.12. The van der Waals surface area contributed by atoms with E-state index >= 15 is 0 Å². The molecule has 3 aliphatic heterocycles. The summed E-state index contributed by atoms with van der Waals surface area (Å²) in [7, 11) is 0. The fraction of sp³-hybridized carbons (Fsp3) is 0.429. The molecule has 3 saturated heterocycles. The summed E-state index contributed by atoms with van der Waals surface area (Å²) in [6, 6.07) is 9.46. The molecule has 6 heterocycles. The van der Waals surface area contributed by atoms with Gasteiger partial charge in [0.25, 0.3) is 0 Å². The maximum absolute atomic E-state index is 10.1. The molecule has 2 unspecified atom stereocenters. The van der Waals surface area contributed by atoms with E-state index in [9.17, 15) is 5.11 Å². The topological polar surface area (TPSA) is 74.9 Å². The average Bonchev–Trinajstić information content (AvgIpc) is 3.25. The van der Waals surface area contributed by atoms with Gasteiger partial charge in [-0.05, 0) is 43.5 Å². The molecule has 3 aromatic rings. The number of hydrogen-bond donors (Lipinski definition) is 2. The summed E-state index contributed by atoms with van der Waals surface area (Å²) in [6.07, 6.45) is 8.48. The highest BCUT2D eigenvalue weighted by Gasteiger charge is 2.41. The Morgan fingerprint density at radius 2 is 2.04 bits per heavy atom. The molecule has 2 bridgehead atoms. The lowest BCUT2D eigenvalue weighted by molar-refractivity contribution is 0.0854. The SMILES string of the molecule is OC1(COc2cc(-c3ccc(N4CC5CC(C4)N5)nc3)c3ccnn3c2)CC1. The van der Waals surface area contributed by atoms with Crippen LogP contribution in [0.2, 0.25) is 0 Å². The van der Waals surface area contributed by atoms with Gasteiger partial charge in [-0.2, -0.15) is 5.10 Å². The van der Waals surface area contributed by atoms with Crippen molar-refractivity contribution in [3.05, 3.63) is 42.9 Å². The first kappa shape index (κ1) is 16.3. The molecule has 2 N–H and O–H groups in total. The highest BCUT2D eigenvalue weighted by Crippen LogP contribution is 2.36. The third-order valence-electron chi connectivity index (χ3n) is 6.12. The zero-order valence-corrected chi connectivity index (χ0v) is 15.6. The molecular weight excluding hydrogens is 354 g/mol. The second-order valence-corrected chi connectivity index (χ2v) is 8.37. The van der Waals surface area contributed by atoms with Crippen molar-refractivity contribution < 1.29 is 9.84 Å². The van der Waals surface area contributed by atoms with Gasteiger partial charge < -0.3 is 20.1 Å². The van der Waals surface area contributed by atoms with Crippen LogP contribution < -0.4 is 15.0 Å². The Hall–Kier alpha value is -2.64. The van der Waals surface area contributed by atoms with Crippen LogP contribution in [-0.4, -0.2) is 57.1 Å². The van der Waals surface area contributed by atoms with Crippen molar-refractivity contribution in [2.24, 2.45) is 0 Å². The summed E-state index contributed by atoms with van der Waals surface area (Å²) in [5.41, 5.74) is 2.42. The number of fused-ring (bicyclic) bond motifs is 3. The summed E-state index contributed by atoms with van der Waals surface area (Å²) in [5.74, 6) is 1.74. The monoisotopic (exact) mass is 377 g/mol. The van der Waals surface area contributed by atoms with Crippen molar-refractivity contribution in [2.45, 2.75) is 36.9 Å². The quantitative estimate of drug-likeness (QED) is 0.707. The fourth-order valence-electron chi connectivity index (χ4n) is 4.25. The normalized spacial score (nSPS) is 24.8. The molecule has 7 nitrogen and oxygen atoms in total. The van der Waals surface area contributed by atoms with Crippen LogP contribution in [0.1, 0.15) is 19.3 Å². The number of aliphatic hydroxyl groups is 1. The lowest BCUT2D eigenvalue weighted by Gasteiger charge is -2.48. The Bertz CT molecular complexity index is 1010. The van der Waals surface area contributed by atoms with Gasteiger partial charge in [-0.1, -0.05) is 0 Å². The van der Waals surface area contributed by atoms with Gasteiger partial charge >= 0.3 is 0 Å². The van der Waals surface area contributed by atoms with Crippen molar-refractivity contribution >= 4 is 11.3 Å². The number of pyridine rings is 2. The average molecular weight is 377 g/mol. The van der Waals surface area contributed by atoms with Crippen LogP contribution in [0.25, 0.3) is 16.6 Å². The molecule has 7 rings (SSSR count). The second kappa shape index (κ2) is 5.93. The lowest BCUT2D eigenvalue weighted by Crippen LogP contribution is -2.67. The van der Waals surface area contributed by atoms with Crippen molar-refractivity contribution in [1.82, 2.24) is 19.9 Å². The zero-order valence-electron chi connectivity index (χ0n) is 15.6. The maximum Gasteiger partial charge on any atom is 0.138 e. The molecule has 0 radical (unpaired) electrons. The summed E-state index contributed by atoms with van der Waals surface area (Å²) in [6.45, 7) is 2.38. The predicted octanol–water partition coefficient (Wildman–Crippen LogP) is 1.85. The van der Waals surface area contributed by atoms with Crippen molar-refractivity contribution in [1.29, 1.82) is 0 Å². The molecule has 4 aliphatic rings. The number of hydrogen-bond acceptors (Lipinski definition) is 6. The number of nitrogens with one attached hydrogen (secondary N) is 1. The van der Waals surface area contributed by atoms with Gasteiger partial charge in [0.15, 0.2) is 0 Å². The molecule has 0 amide bonds. The minimum atomic E-state index is -0.646. The summed E-state index contributed by atoms with van der Waals surface area (Å²) in [4.78, 5) is 7.10. The van der Waals surface area contributed by atoms with Gasteiger partial charge in [0, 0.05) is 42.5 Å². The molecule has 2 atom stereocenters. The van der Waals surface area contributed by atoms with E-state index in [1.807, 2.05) is 29.0 Å². The van der Waals surface area contributed by atoms with Crippen molar-refractivity contribution in [2.75, 3.05) is 24.6 Å². The van der Waals surface area contributed by atoms with E-state index in [2.05, 4.69) is 27.4 Å². The Labute approximate surface area is 162 Å². The van der Waals surface area contributed by atoms with Gasteiger partial charge in [0.05, 0.1) is 23.5 Å². The Morgan fingerprint density at radius 1 is 1.21 bits per heavy atom. The van der Waals surface area contributed by atoms with Crippen molar-refractivity contribution in [3.8, 4) is 16.9 Å². The Balaban J connectivity index is 1.29. The first-order chi connectivity index (χ1) is 13.7. The van der Waals surface area contributed by atoms with Crippen LogP contribution in [0.5, 0.6) is 5.75 Å². The fourth-order valence-corrected chi connectivity index (χ4v) is 4.25. The van der Waals surface area contributed by atoms with Crippen LogP contribution in [-0.2, 0) is 0 Å². The van der Waals surface area contributed by atoms with Crippen LogP contribution in [0.15, 0.2) is 42.9 Å². The largest absolute Gasteiger partial charge is 0.489 e. The maximum atomic E-state index is 10.1. The first-order valence-corrected chi connectivity index (χ1v) is 9.95. The first-order valence-electron chi connectivity index (χ1n) is 9.95. The third kappa shape index (κ3) is 2.82. The lowest BCUT2D eigenvalue weighted by atomic mass is 9.91. The van der Waals surface area contributed by atoms with Crippen LogP contribution in [0.3, 0.4) is 0 Å². The van der Waals surface area contributed by atoms with E-state index in [0.717, 1.165) is 48.4 Å². The molecule has 0 spiro atoms. The standard InChI is InChI=1S/C21H23N5O2/c27-21(4-5-21)13-28-17-8-18(19-3-6-23-26(19)12-17)14-1-2-20(22-9-14)25-10-15-7-16(11-25)24-15/h1-3,6,8-9,12,15-16,24,27H,4-5,7,10-11,13H2. The van der Waals surface area contributed by atoms with Crippen LogP contribution >= 0.6 is 0 Å². The summed E-state index contributed by atoms with van der Waals surface area (Å²) < 4.78 is 7.68. The molecule has 3 aromatic heterocycles. The molecule has 0 aromatic carbocycles. The number of aromatic nitrogens is 3. The van der Waals surface area contributed by atoms with E-state index < -0.39 is 5.60 Å². The number of nitrogens with zero attached hydrogens (tertiary/aromatic N) is 4. The van der Waals surface area contributed by atoms with E-state index in [0.29, 0.717) is 24.4 Å². The minimum absolute atomic E-state index is 0.321. The number of rotatable bonds is 5. The van der Waals surface area contributed by atoms with E-state index in [4.69, 9.17) is 9.72 Å². The Morgan fingerprint density at radius 3 is 2.75 bits per heavy atom. The number of piperazine rings is 1.